The molecule has 0 fully saturated rings. The van der Waals surface area contributed by atoms with Gasteiger partial charge in [0.1, 0.15) is 0 Å². The van der Waals surface area contributed by atoms with Crippen LogP contribution in [0, 0.1) is 0 Å². The van der Waals surface area contributed by atoms with E-state index in [1.54, 1.807) is 0 Å². The minimum absolute atomic E-state index is 0.487. The maximum Gasteiger partial charge on any atom is 0.469 e. The van der Waals surface area contributed by atoms with Crippen LogP contribution < -0.4 is 0 Å². The second-order valence-corrected chi connectivity index (χ2v) is 35.3. The van der Waals surface area contributed by atoms with E-state index in [1.165, 1.54) is 0 Å². The molecule has 7 heteroatoms. The molecule has 240 valence electrons. The van der Waals surface area contributed by atoms with E-state index in [0.29, 0.717) is 49.9 Å². The summed E-state index contributed by atoms with van der Waals surface area (Å²) >= 11 is 0. The minimum atomic E-state index is -3.17. The Kier molecular flexibility index (Phi) is 16.7. The molecular weight excluding hydrogens is 557 g/mol. The predicted molar refractivity (Wildman–Crippen MR) is 191 cm³/mol. The van der Waals surface area contributed by atoms with Crippen LogP contribution in [0.3, 0.4) is 0 Å². The number of allylic oxidation sites excluding steroid dienone is 1. The summed E-state index contributed by atoms with van der Waals surface area (Å²) in [6.45, 7) is 47.5. The highest BCUT2D eigenvalue weighted by molar-refractivity contribution is 6.94. The summed E-state index contributed by atoms with van der Waals surface area (Å²) in [5, 5.41) is 0. The van der Waals surface area contributed by atoms with Gasteiger partial charge in [0.2, 0.25) is 0 Å². The minimum Gasteiger partial charge on any atom is -0.415 e. The van der Waals surface area contributed by atoms with Gasteiger partial charge in [-0.2, -0.15) is 0 Å². The summed E-state index contributed by atoms with van der Waals surface area (Å²) in [7, 11) is -10.1. The van der Waals surface area contributed by atoms with Crippen LogP contribution in [0.15, 0.2) is 12.7 Å². The first-order chi connectivity index (χ1) is 18.2. The Morgan fingerprint density at radius 1 is 0.425 bits per heavy atom. The topological polar surface area (TPSA) is 27.7 Å². The Labute approximate surface area is 257 Å². The van der Waals surface area contributed by atoms with Crippen LogP contribution in [0.25, 0.3) is 0 Å². The lowest BCUT2D eigenvalue weighted by atomic mass is 10.2. The average molecular weight is 631 g/mol. The van der Waals surface area contributed by atoms with Gasteiger partial charge in [0.25, 0.3) is 0 Å². The van der Waals surface area contributed by atoms with Crippen molar-refractivity contribution in [2.24, 2.45) is 0 Å². The zero-order valence-corrected chi connectivity index (χ0v) is 34.5. The Bertz CT molecular complexity index is 580. The Morgan fingerprint density at radius 2 is 0.650 bits per heavy atom. The summed E-state index contributed by atoms with van der Waals surface area (Å²) in [5.41, 5.74) is 4.38. The van der Waals surface area contributed by atoms with E-state index in [-0.39, 0.29) is 0 Å². The molecule has 0 aliphatic rings. The summed E-state index contributed by atoms with van der Waals surface area (Å²) in [5.74, 6) is 0. The lowest BCUT2D eigenvalue weighted by Gasteiger charge is -2.56. The summed E-state index contributed by atoms with van der Waals surface area (Å²) < 4.78 is 24.2. The molecule has 0 aliphatic heterocycles. The molecule has 0 heterocycles. The molecule has 0 spiro atoms. The molecule has 0 atom stereocenters. The normalized spacial score (nSPS) is 14.6. The lowest BCUT2D eigenvalue weighted by molar-refractivity contribution is 0.216. The Hall–Kier alpha value is 0.488. The van der Waals surface area contributed by atoms with Gasteiger partial charge in [-0.15, -0.1) is 6.58 Å². The van der Waals surface area contributed by atoms with Crippen LogP contribution in [0.5, 0.6) is 0 Å². The monoisotopic (exact) mass is 630 g/mol. The van der Waals surface area contributed by atoms with E-state index >= 15 is 0 Å². The maximum atomic E-state index is 8.08. The van der Waals surface area contributed by atoms with Gasteiger partial charge >= 0.3 is 8.80 Å². The first-order valence-electron chi connectivity index (χ1n) is 16.9. The van der Waals surface area contributed by atoms with Gasteiger partial charge in [-0.05, 0) is 69.1 Å². The van der Waals surface area contributed by atoms with Gasteiger partial charge < -0.3 is 12.3 Å². The van der Waals surface area contributed by atoms with E-state index in [2.05, 4.69) is 137 Å². The molecular formula is C33H74O3Si4. The molecule has 0 saturated carbocycles. The molecule has 0 saturated heterocycles. The fraction of sp³-hybridized carbons (Fsp3) is 0.939. The molecule has 0 aromatic carbocycles. The predicted octanol–water partition coefficient (Wildman–Crippen LogP) is 12.9. The van der Waals surface area contributed by atoms with Gasteiger partial charge in [-0.25, -0.2) is 0 Å². The van der Waals surface area contributed by atoms with Crippen molar-refractivity contribution in [2.75, 3.05) is 0 Å². The molecule has 0 aromatic heterocycles. The molecule has 0 radical (unpaired) electrons. The van der Waals surface area contributed by atoms with Crippen molar-refractivity contribution in [3.63, 3.8) is 0 Å². The molecule has 0 aromatic rings. The third-order valence-corrected chi connectivity index (χ3v) is 35.4. The van der Waals surface area contributed by atoms with Crippen LogP contribution in [-0.4, -0.2) is 33.8 Å². The quantitative estimate of drug-likeness (QED) is 0.0760. The fourth-order valence-electron chi connectivity index (χ4n) is 8.71. The molecule has 0 aliphatic carbocycles. The van der Waals surface area contributed by atoms with Crippen LogP contribution in [0.2, 0.25) is 55.9 Å². The third kappa shape index (κ3) is 8.56. The summed E-state index contributed by atoms with van der Waals surface area (Å²) in [6.07, 6.45) is 5.29. The number of hydrogen-bond acceptors (Lipinski definition) is 3. The van der Waals surface area contributed by atoms with Crippen LogP contribution in [-0.2, 0) is 12.3 Å². The van der Waals surface area contributed by atoms with Crippen molar-refractivity contribution in [1.29, 1.82) is 0 Å². The van der Waals surface area contributed by atoms with Crippen LogP contribution >= 0.6 is 0 Å². The molecule has 0 amide bonds. The second-order valence-electron chi connectivity index (χ2n) is 15.5. The van der Waals surface area contributed by atoms with Gasteiger partial charge in [-0.3, -0.25) is 0 Å². The third-order valence-electron chi connectivity index (χ3n) is 10.3. The molecule has 0 bridgehead atoms. The van der Waals surface area contributed by atoms with Crippen LogP contribution in [0.1, 0.15) is 144 Å². The second kappa shape index (κ2) is 16.5. The number of rotatable bonds is 20. The lowest BCUT2D eigenvalue weighted by Crippen LogP contribution is -2.69. The fourth-order valence-corrected chi connectivity index (χ4v) is 39.2. The van der Waals surface area contributed by atoms with E-state index < -0.39 is 33.8 Å². The standard InChI is InChI=1S/C33H74O3Si4/c1-20-21-22-23-24-37(34-38(25(2)3,26(4)5)27(6)7,35-39(28(8)9,29(10)11)30(12)13)36-40(31(14)15,32(16)17)33(18)19/h20,25-33H,1,21-24H2,2-19H3. The van der Waals surface area contributed by atoms with Gasteiger partial charge in [-0.1, -0.05) is 131 Å². The van der Waals surface area contributed by atoms with Crippen molar-refractivity contribution in [2.45, 2.75) is 200 Å². The van der Waals surface area contributed by atoms with Crippen molar-refractivity contribution in [3.8, 4) is 0 Å². The number of unbranched alkanes of at least 4 members (excludes halogenated alkanes) is 2. The smallest absolute Gasteiger partial charge is 0.415 e. The highest BCUT2D eigenvalue weighted by Gasteiger charge is 2.63. The van der Waals surface area contributed by atoms with Crippen molar-refractivity contribution in [3.05, 3.63) is 12.7 Å². The zero-order chi connectivity index (χ0) is 31.9. The van der Waals surface area contributed by atoms with Crippen molar-refractivity contribution < 1.29 is 12.3 Å². The first kappa shape index (κ1) is 40.5. The van der Waals surface area contributed by atoms with E-state index in [4.69, 9.17) is 12.3 Å². The Balaban J connectivity index is 7.87. The molecule has 3 nitrogen and oxygen atoms in total. The van der Waals surface area contributed by atoms with E-state index in [9.17, 15) is 0 Å². The van der Waals surface area contributed by atoms with Crippen LogP contribution in [0.4, 0.5) is 0 Å². The summed E-state index contributed by atoms with van der Waals surface area (Å²) in [6, 6.07) is 0.934. The SMILES string of the molecule is C=CCCCC[Si](O[Si](C(C)C)(C(C)C)C(C)C)(O[Si](C(C)C)(C(C)C)C(C)C)O[Si](C(C)C)(C(C)C)C(C)C. The van der Waals surface area contributed by atoms with Gasteiger partial charge in [0, 0.05) is 6.04 Å². The molecule has 0 rings (SSSR count). The molecule has 0 N–H and O–H groups in total. The zero-order valence-electron chi connectivity index (χ0n) is 30.5. The van der Waals surface area contributed by atoms with E-state index in [1.807, 2.05) is 0 Å². The largest absolute Gasteiger partial charge is 0.469 e. The Morgan fingerprint density at radius 3 is 0.825 bits per heavy atom. The highest BCUT2D eigenvalue weighted by Crippen LogP contribution is 2.53. The van der Waals surface area contributed by atoms with Gasteiger partial charge in [0.15, 0.2) is 25.0 Å². The molecule has 0 unspecified atom stereocenters. The number of hydrogen-bond donors (Lipinski definition) is 0. The maximum absolute atomic E-state index is 8.08. The highest BCUT2D eigenvalue weighted by atomic mass is 28.5. The molecule has 40 heavy (non-hydrogen) atoms. The average Bonchev–Trinajstić information content (AvgIpc) is 2.80. The van der Waals surface area contributed by atoms with Crippen molar-refractivity contribution in [1.82, 2.24) is 0 Å². The van der Waals surface area contributed by atoms with Gasteiger partial charge in [0.05, 0.1) is 0 Å². The van der Waals surface area contributed by atoms with Crippen molar-refractivity contribution >= 4 is 33.8 Å². The summed E-state index contributed by atoms with van der Waals surface area (Å²) in [4.78, 5) is 0. The first-order valence-corrected chi connectivity index (χ1v) is 25.2. The van der Waals surface area contributed by atoms with E-state index in [0.717, 1.165) is 25.3 Å².